The van der Waals surface area contributed by atoms with E-state index in [0.717, 1.165) is 12.3 Å². The van der Waals surface area contributed by atoms with Gasteiger partial charge in [-0.15, -0.1) is 0 Å². The van der Waals surface area contributed by atoms with Gasteiger partial charge in [0.25, 0.3) is 0 Å². The molecule has 0 radical (unpaired) electrons. The van der Waals surface area contributed by atoms with Crippen molar-refractivity contribution < 1.29 is 15.0 Å². The normalized spacial score (nSPS) is 9.45. The molecule has 0 spiro atoms. The minimum atomic E-state index is -0.629. The van der Waals surface area contributed by atoms with E-state index in [0.29, 0.717) is 0 Å². The Balaban J connectivity index is 3.15. The van der Waals surface area contributed by atoms with E-state index in [1.165, 1.54) is 0 Å². The molecule has 0 atom stereocenters. The fourth-order valence-corrected chi connectivity index (χ4v) is 0.591. The Labute approximate surface area is 61.4 Å². The lowest BCUT2D eigenvalue weighted by Gasteiger charge is -1.90. The van der Waals surface area contributed by atoms with Crippen LogP contribution in [0.3, 0.4) is 0 Å². The van der Waals surface area contributed by atoms with Gasteiger partial charge in [-0.2, -0.15) is 0 Å². The fourth-order valence-electron chi connectivity index (χ4n) is 0.591. The van der Waals surface area contributed by atoms with Gasteiger partial charge in [-0.05, 0) is 0 Å². The smallest absolute Gasteiger partial charge is 0.313 e. The number of nitrogens with zero attached hydrogens (tertiary/aromatic N) is 1. The van der Waals surface area contributed by atoms with Crippen LogP contribution in [0.25, 0.3) is 0 Å². The molecule has 0 aliphatic rings. The number of rotatable bonds is 1. The largest absolute Gasteiger partial charge is 0.501 e. The number of nitrogens with two attached hydrogens (primary N) is 1. The SMILES string of the molecule is Nc1[nH+]cc([N+](=O)[O-])cc1O. The molecule has 0 unspecified atom stereocenters. The quantitative estimate of drug-likeness (QED) is 0.430. The Hall–Kier alpha value is -1.85. The van der Waals surface area contributed by atoms with Gasteiger partial charge in [0.15, 0.2) is 6.20 Å². The molecule has 1 rings (SSSR count). The maximum Gasteiger partial charge on any atom is 0.313 e. The Morgan fingerprint density at radius 1 is 1.73 bits per heavy atom. The summed E-state index contributed by atoms with van der Waals surface area (Å²) < 4.78 is 0. The number of H-pyrrole nitrogens is 1. The van der Waals surface area contributed by atoms with E-state index in [9.17, 15) is 10.1 Å². The number of nitrogen functional groups attached to an aromatic ring is 1. The van der Waals surface area contributed by atoms with Gasteiger partial charge in [-0.3, -0.25) is 15.8 Å². The van der Waals surface area contributed by atoms with Crippen LogP contribution < -0.4 is 10.7 Å². The van der Waals surface area contributed by atoms with Gasteiger partial charge >= 0.3 is 11.5 Å². The number of nitro groups is 1. The predicted octanol–water partition coefficient (Wildman–Crippen LogP) is -0.303. The second-order valence-electron chi connectivity index (χ2n) is 1.91. The number of nitrogens with one attached hydrogen (secondary N) is 1. The summed E-state index contributed by atoms with van der Waals surface area (Å²) in [6.45, 7) is 0. The van der Waals surface area contributed by atoms with E-state index in [4.69, 9.17) is 10.8 Å². The lowest BCUT2D eigenvalue weighted by atomic mass is 10.4. The van der Waals surface area contributed by atoms with Crippen molar-refractivity contribution in [2.75, 3.05) is 5.73 Å². The average molecular weight is 156 g/mol. The van der Waals surface area contributed by atoms with Crippen LogP contribution in [0.15, 0.2) is 12.3 Å². The number of pyridine rings is 1. The van der Waals surface area contributed by atoms with Crippen LogP contribution >= 0.6 is 0 Å². The molecule has 0 aromatic carbocycles. The Morgan fingerprint density at radius 2 is 2.36 bits per heavy atom. The highest BCUT2D eigenvalue weighted by molar-refractivity contribution is 5.44. The Morgan fingerprint density at radius 3 is 2.82 bits per heavy atom. The molecule has 0 amide bonds. The second kappa shape index (κ2) is 2.41. The van der Waals surface area contributed by atoms with E-state index >= 15 is 0 Å². The molecule has 0 saturated heterocycles. The van der Waals surface area contributed by atoms with Crippen molar-refractivity contribution in [2.24, 2.45) is 0 Å². The summed E-state index contributed by atoms with van der Waals surface area (Å²) in [5.74, 6) is -0.310. The van der Waals surface area contributed by atoms with Gasteiger partial charge in [0, 0.05) is 0 Å². The monoisotopic (exact) mass is 156 g/mol. The molecule has 11 heavy (non-hydrogen) atoms. The van der Waals surface area contributed by atoms with Gasteiger partial charge in [-0.1, -0.05) is 0 Å². The lowest BCUT2D eigenvalue weighted by molar-refractivity contribution is -0.413. The predicted molar refractivity (Wildman–Crippen MR) is 35.7 cm³/mol. The van der Waals surface area contributed by atoms with Crippen LogP contribution in [-0.4, -0.2) is 10.0 Å². The number of aromatic amines is 1. The summed E-state index contributed by atoms with van der Waals surface area (Å²) in [7, 11) is 0. The van der Waals surface area contributed by atoms with E-state index in [1.807, 2.05) is 0 Å². The zero-order valence-corrected chi connectivity index (χ0v) is 5.44. The third-order valence-corrected chi connectivity index (χ3v) is 1.15. The topological polar surface area (TPSA) is 104 Å². The van der Waals surface area contributed by atoms with Crippen molar-refractivity contribution in [3.8, 4) is 5.75 Å². The second-order valence-corrected chi connectivity index (χ2v) is 1.91. The lowest BCUT2D eigenvalue weighted by Crippen LogP contribution is -2.10. The molecule has 0 aliphatic carbocycles. The summed E-state index contributed by atoms with van der Waals surface area (Å²) in [6.07, 6.45) is 1.11. The number of hydrogen-bond donors (Lipinski definition) is 2. The highest BCUT2D eigenvalue weighted by Gasteiger charge is 2.12. The molecular formula is C5H6N3O3+. The molecule has 1 aromatic heterocycles. The van der Waals surface area contributed by atoms with Gasteiger partial charge in [0.05, 0.1) is 11.0 Å². The van der Waals surface area contributed by atoms with Crippen molar-refractivity contribution in [2.45, 2.75) is 0 Å². The first kappa shape index (κ1) is 7.26. The summed E-state index contributed by atoms with van der Waals surface area (Å²) in [4.78, 5) is 11.8. The zero-order valence-electron chi connectivity index (χ0n) is 5.44. The number of hydrogen-bond acceptors (Lipinski definition) is 4. The van der Waals surface area contributed by atoms with Gasteiger partial charge in [0.1, 0.15) is 0 Å². The molecule has 0 bridgehead atoms. The van der Waals surface area contributed by atoms with Gasteiger partial charge in [-0.25, -0.2) is 4.98 Å². The number of anilines is 1. The van der Waals surface area contributed by atoms with Crippen molar-refractivity contribution in [1.82, 2.24) is 0 Å². The molecule has 1 heterocycles. The van der Waals surface area contributed by atoms with Crippen LogP contribution in [0.1, 0.15) is 0 Å². The highest BCUT2D eigenvalue weighted by atomic mass is 16.6. The van der Waals surface area contributed by atoms with Crippen LogP contribution in [-0.2, 0) is 0 Å². The Bertz CT molecular complexity index is 299. The van der Waals surface area contributed by atoms with Gasteiger partial charge < -0.3 is 5.11 Å². The first-order valence-corrected chi connectivity index (χ1v) is 2.76. The summed E-state index contributed by atoms with van der Waals surface area (Å²) >= 11 is 0. The standard InChI is InChI=1S/C5H5N3O3/c6-5-4(9)1-3(2-7-5)8(10)11/h1-2,9H,(H2,6,7)/p+1. The van der Waals surface area contributed by atoms with Crippen LogP contribution in [0.2, 0.25) is 0 Å². The maximum atomic E-state index is 10.1. The highest BCUT2D eigenvalue weighted by Crippen LogP contribution is 2.18. The third kappa shape index (κ3) is 1.34. The van der Waals surface area contributed by atoms with Crippen LogP contribution in [0.4, 0.5) is 11.5 Å². The minimum Gasteiger partial charge on any atom is -0.501 e. The molecule has 1 aromatic rings. The van der Waals surface area contributed by atoms with Crippen molar-refractivity contribution in [3.63, 3.8) is 0 Å². The summed E-state index contributed by atoms with van der Waals surface area (Å²) in [5, 5.41) is 19.0. The zero-order chi connectivity index (χ0) is 8.43. The third-order valence-electron chi connectivity index (χ3n) is 1.15. The van der Waals surface area contributed by atoms with Crippen molar-refractivity contribution in [1.29, 1.82) is 0 Å². The summed E-state index contributed by atoms with van der Waals surface area (Å²) in [6, 6.07) is 0.978. The number of aromatic nitrogens is 1. The van der Waals surface area contributed by atoms with Crippen molar-refractivity contribution in [3.05, 3.63) is 22.4 Å². The minimum absolute atomic E-state index is 0.00981. The molecule has 6 nitrogen and oxygen atoms in total. The van der Waals surface area contributed by atoms with E-state index < -0.39 is 4.92 Å². The first-order valence-electron chi connectivity index (χ1n) is 2.76. The molecule has 58 valence electrons. The molecule has 0 fully saturated rings. The molecule has 0 saturated carbocycles. The first-order chi connectivity index (χ1) is 5.11. The maximum absolute atomic E-state index is 10.1. The van der Waals surface area contributed by atoms with Crippen LogP contribution in [0, 0.1) is 10.1 Å². The molecular weight excluding hydrogens is 150 g/mol. The van der Waals surface area contributed by atoms with E-state index in [2.05, 4.69) is 4.98 Å². The molecule has 6 heteroatoms. The fraction of sp³-hybridized carbons (Fsp3) is 0. The van der Waals surface area contributed by atoms with E-state index in [-0.39, 0.29) is 17.3 Å². The van der Waals surface area contributed by atoms with Crippen molar-refractivity contribution >= 4 is 11.5 Å². The Kier molecular flexibility index (Phi) is 1.59. The van der Waals surface area contributed by atoms with Crippen LogP contribution in [0.5, 0.6) is 5.75 Å². The van der Waals surface area contributed by atoms with E-state index in [1.54, 1.807) is 0 Å². The number of aromatic hydroxyl groups is 1. The molecule has 0 aliphatic heterocycles. The molecule has 4 N–H and O–H groups in total. The van der Waals surface area contributed by atoms with Gasteiger partial charge in [0.2, 0.25) is 5.75 Å². The summed E-state index contributed by atoms with van der Waals surface area (Å²) in [5.41, 5.74) is 4.94. The average Bonchev–Trinajstić information content (AvgIpc) is 1.94.